The molecule has 0 spiro atoms. The number of nitrogens with one attached hydrogen (secondary N) is 2. The van der Waals surface area contributed by atoms with Crippen LogP contribution >= 0.6 is 0 Å². The molecule has 0 aromatic carbocycles. The molecule has 0 aliphatic heterocycles. The highest BCUT2D eigenvalue weighted by Gasteiger charge is 2.35. The van der Waals surface area contributed by atoms with Crippen molar-refractivity contribution in [3.63, 3.8) is 0 Å². The molecule has 0 bridgehead atoms. The number of unbranched alkanes of at least 4 members (excludes halogenated alkanes) is 6. The zero-order valence-electron chi connectivity index (χ0n) is 22.5. The van der Waals surface area contributed by atoms with Gasteiger partial charge in [0.2, 0.25) is 11.8 Å². The monoisotopic (exact) mass is 520 g/mol. The molecular formula is C25H48N2O7S. The summed E-state index contributed by atoms with van der Waals surface area (Å²) in [5.74, 6) is -2.87. The summed E-state index contributed by atoms with van der Waals surface area (Å²) in [7, 11) is -4.25. The number of carboxylic acid groups (broad SMARTS) is 1. The number of carboxylic acids is 1. The Morgan fingerprint density at radius 3 is 1.94 bits per heavy atom. The molecule has 0 saturated carbocycles. The molecule has 0 aliphatic rings. The third-order valence-electron chi connectivity index (χ3n) is 6.61. The van der Waals surface area contributed by atoms with Crippen LogP contribution in [0, 0.1) is 11.3 Å². The quantitative estimate of drug-likeness (QED) is 0.146. The lowest BCUT2D eigenvalue weighted by molar-refractivity contribution is -0.144. The fraction of sp³-hybridized carbons (Fsp3) is 0.880. The van der Waals surface area contributed by atoms with Gasteiger partial charge in [0, 0.05) is 11.3 Å². The van der Waals surface area contributed by atoms with E-state index in [2.05, 4.69) is 17.6 Å². The number of hydrogen-bond donors (Lipinski definition) is 4. The summed E-state index contributed by atoms with van der Waals surface area (Å²) in [4.78, 5) is 37.3. The number of hydrogen-bond acceptors (Lipinski definition) is 5. The van der Waals surface area contributed by atoms with Gasteiger partial charge in [0.15, 0.2) is 0 Å². The molecule has 0 saturated heterocycles. The van der Waals surface area contributed by atoms with Gasteiger partial charge in [0.1, 0.15) is 6.04 Å². The molecule has 0 rings (SSSR count). The van der Waals surface area contributed by atoms with E-state index in [1.807, 2.05) is 6.92 Å². The molecule has 3 unspecified atom stereocenters. The van der Waals surface area contributed by atoms with Crippen molar-refractivity contribution < 1.29 is 32.5 Å². The van der Waals surface area contributed by atoms with Crippen molar-refractivity contribution in [1.82, 2.24) is 10.6 Å². The second-order valence-electron chi connectivity index (χ2n) is 10.7. The summed E-state index contributed by atoms with van der Waals surface area (Å²) in [5.41, 5.74) is -1.98. The number of amides is 2. The third-order valence-corrected chi connectivity index (χ3v) is 7.70. The zero-order chi connectivity index (χ0) is 27.3. The third kappa shape index (κ3) is 14.5. The Kier molecular flexibility index (Phi) is 14.7. The number of rotatable bonds is 19. The highest BCUT2D eigenvalue weighted by atomic mass is 32.2. The Balaban J connectivity index is 4.85. The number of aliphatic carboxylic acids is 1. The van der Waals surface area contributed by atoms with Gasteiger partial charge in [-0.05, 0) is 39.5 Å². The van der Waals surface area contributed by atoms with E-state index in [0.717, 1.165) is 25.7 Å². The zero-order valence-corrected chi connectivity index (χ0v) is 23.3. The molecule has 0 radical (unpaired) electrons. The van der Waals surface area contributed by atoms with Gasteiger partial charge in [-0.2, -0.15) is 8.42 Å². The molecule has 206 valence electrons. The van der Waals surface area contributed by atoms with Gasteiger partial charge in [-0.3, -0.25) is 14.1 Å². The first-order chi connectivity index (χ1) is 16.1. The maximum Gasteiger partial charge on any atom is 0.326 e. The molecule has 4 N–H and O–H groups in total. The Bertz CT molecular complexity index is 783. The maximum atomic E-state index is 13.0. The Morgan fingerprint density at radius 1 is 0.914 bits per heavy atom. The fourth-order valence-corrected chi connectivity index (χ4v) is 4.95. The second kappa shape index (κ2) is 15.4. The SMILES string of the molecule is CCCCCCCCCC(NC(=O)C(C)(CC)CCC(C)C(=O)NC(C)(C)CS(=O)(=O)O)C(=O)O. The largest absolute Gasteiger partial charge is 0.480 e. The lowest BCUT2D eigenvalue weighted by Gasteiger charge is -2.31. The van der Waals surface area contributed by atoms with Crippen molar-refractivity contribution in [3.8, 4) is 0 Å². The molecule has 0 aliphatic carbocycles. The lowest BCUT2D eigenvalue weighted by Crippen LogP contribution is -2.50. The summed E-state index contributed by atoms with van der Waals surface area (Å²) >= 11 is 0. The predicted octanol–water partition coefficient (Wildman–Crippen LogP) is 4.31. The van der Waals surface area contributed by atoms with Crippen molar-refractivity contribution >= 4 is 27.9 Å². The van der Waals surface area contributed by atoms with E-state index in [-0.39, 0.29) is 11.8 Å². The average molecular weight is 521 g/mol. The number of carbonyl (C=O) groups excluding carboxylic acids is 2. The van der Waals surface area contributed by atoms with Crippen LogP contribution in [-0.2, 0) is 24.5 Å². The molecule has 3 atom stereocenters. The van der Waals surface area contributed by atoms with Crippen LogP contribution in [0.1, 0.15) is 112 Å². The first-order valence-electron chi connectivity index (χ1n) is 12.9. The van der Waals surface area contributed by atoms with Crippen molar-refractivity contribution in [1.29, 1.82) is 0 Å². The minimum atomic E-state index is -4.25. The van der Waals surface area contributed by atoms with E-state index in [1.165, 1.54) is 33.1 Å². The van der Waals surface area contributed by atoms with E-state index >= 15 is 0 Å². The van der Waals surface area contributed by atoms with Gasteiger partial charge in [-0.15, -0.1) is 0 Å². The van der Waals surface area contributed by atoms with Crippen molar-refractivity contribution in [2.75, 3.05) is 5.75 Å². The van der Waals surface area contributed by atoms with Crippen LogP contribution in [0.4, 0.5) is 0 Å². The molecule has 0 aromatic rings. The van der Waals surface area contributed by atoms with Crippen LogP contribution < -0.4 is 10.6 Å². The van der Waals surface area contributed by atoms with Crippen LogP contribution in [0.25, 0.3) is 0 Å². The van der Waals surface area contributed by atoms with Gasteiger partial charge in [-0.1, -0.05) is 72.6 Å². The summed E-state index contributed by atoms with van der Waals surface area (Å²) in [5, 5.41) is 14.9. The van der Waals surface area contributed by atoms with Crippen LogP contribution in [-0.4, -0.2) is 53.2 Å². The fourth-order valence-electron chi connectivity index (χ4n) is 3.96. The minimum Gasteiger partial charge on any atom is -0.480 e. The molecule has 2 amide bonds. The van der Waals surface area contributed by atoms with E-state index < -0.39 is 44.8 Å². The van der Waals surface area contributed by atoms with Crippen molar-refractivity contribution in [2.24, 2.45) is 11.3 Å². The van der Waals surface area contributed by atoms with Gasteiger partial charge >= 0.3 is 5.97 Å². The average Bonchev–Trinajstić information content (AvgIpc) is 2.73. The first kappa shape index (κ1) is 33.3. The maximum absolute atomic E-state index is 13.0. The van der Waals surface area contributed by atoms with Gasteiger partial charge in [-0.25, -0.2) is 4.79 Å². The predicted molar refractivity (Wildman–Crippen MR) is 138 cm³/mol. The smallest absolute Gasteiger partial charge is 0.326 e. The normalized spacial score (nSPS) is 15.6. The molecular weight excluding hydrogens is 472 g/mol. The summed E-state index contributed by atoms with van der Waals surface area (Å²) in [6.07, 6.45) is 9.06. The van der Waals surface area contributed by atoms with Crippen LogP contribution in [0.15, 0.2) is 0 Å². The number of carbonyl (C=O) groups is 3. The Morgan fingerprint density at radius 2 is 1.46 bits per heavy atom. The van der Waals surface area contributed by atoms with Gasteiger partial charge in [0.25, 0.3) is 10.1 Å². The van der Waals surface area contributed by atoms with E-state index in [4.69, 9.17) is 4.55 Å². The van der Waals surface area contributed by atoms with Crippen LogP contribution in [0.5, 0.6) is 0 Å². The molecule has 10 heteroatoms. The lowest BCUT2D eigenvalue weighted by atomic mass is 9.79. The van der Waals surface area contributed by atoms with Crippen molar-refractivity contribution in [2.45, 2.75) is 124 Å². The second-order valence-corrected chi connectivity index (χ2v) is 12.2. The Labute approximate surface area is 212 Å². The van der Waals surface area contributed by atoms with E-state index in [1.54, 1.807) is 13.8 Å². The summed E-state index contributed by atoms with van der Waals surface area (Å²) < 4.78 is 31.4. The molecule has 9 nitrogen and oxygen atoms in total. The summed E-state index contributed by atoms with van der Waals surface area (Å²) in [6.45, 7) is 10.5. The Hall–Kier alpha value is -1.68. The topological polar surface area (TPSA) is 150 Å². The first-order valence-corrected chi connectivity index (χ1v) is 14.5. The van der Waals surface area contributed by atoms with Gasteiger partial charge < -0.3 is 15.7 Å². The highest BCUT2D eigenvalue weighted by Crippen LogP contribution is 2.30. The van der Waals surface area contributed by atoms with Crippen LogP contribution in [0.2, 0.25) is 0 Å². The van der Waals surface area contributed by atoms with E-state index in [9.17, 15) is 27.9 Å². The molecule has 35 heavy (non-hydrogen) atoms. The summed E-state index contributed by atoms with van der Waals surface area (Å²) in [6, 6.07) is -0.939. The molecule has 0 aromatic heterocycles. The standard InChI is InChI=1S/C25H48N2O7S/c1-7-9-10-11-12-13-14-15-20(22(29)30)26-23(31)25(6,8-2)17-16-19(3)21(28)27-24(4,5)18-35(32,33)34/h19-20H,7-18H2,1-6H3,(H,26,31)(H,27,28)(H,29,30)(H,32,33,34). The highest BCUT2D eigenvalue weighted by molar-refractivity contribution is 7.85. The molecule has 0 heterocycles. The van der Waals surface area contributed by atoms with E-state index in [0.29, 0.717) is 25.7 Å². The molecule has 0 fully saturated rings. The van der Waals surface area contributed by atoms with Gasteiger partial charge in [0.05, 0.1) is 11.3 Å². The van der Waals surface area contributed by atoms with Crippen molar-refractivity contribution in [3.05, 3.63) is 0 Å². The minimum absolute atomic E-state index is 0.338. The van der Waals surface area contributed by atoms with Crippen LogP contribution in [0.3, 0.4) is 0 Å².